The van der Waals surface area contributed by atoms with E-state index in [1.165, 1.54) is 6.20 Å². The van der Waals surface area contributed by atoms with Crippen LogP contribution in [0.2, 0.25) is 0 Å². The summed E-state index contributed by atoms with van der Waals surface area (Å²) in [4.78, 5) is 16.4. The van der Waals surface area contributed by atoms with Crippen LogP contribution in [0.4, 0.5) is 5.69 Å². The van der Waals surface area contributed by atoms with Crippen LogP contribution < -0.4 is 5.32 Å². The Morgan fingerprint density at radius 2 is 2.29 bits per heavy atom. The van der Waals surface area contributed by atoms with Gasteiger partial charge in [-0.25, -0.2) is 9.78 Å². The molecule has 0 radical (unpaired) electrons. The number of aliphatic hydroxyl groups is 1. The number of hydrogen-bond donors (Lipinski definition) is 2. The molecule has 2 aromatic heterocycles. The van der Waals surface area contributed by atoms with E-state index in [1.807, 2.05) is 14.0 Å². The Labute approximate surface area is 122 Å². The van der Waals surface area contributed by atoms with E-state index in [0.29, 0.717) is 36.5 Å². The zero-order valence-corrected chi connectivity index (χ0v) is 12.5. The van der Waals surface area contributed by atoms with Crippen LogP contribution in [0.25, 0.3) is 11.0 Å². The smallest absolute Gasteiger partial charge is 0.341 e. The van der Waals surface area contributed by atoms with Gasteiger partial charge in [0.15, 0.2) is 5.65 Å². The second-order valence-corrected chi connectivity index (χ2v) is 4.68. The monoisotopic (exact) mass is 292 g/mol. The number of hydrogen-bond acceptors (Lipinski definition) is 6. The Hall–Kier alpha value is -2.15. The molecule has 2 N–H and O–H groups in total. The van der Waals surface area contributed by atoms with Crippen molar-refractivity contribution in [2.75, 3.05) is 25.1 Å². The Morgan fingerprint density at radius 1 is 1.52 bits per heavy atom. The molecule has 7 nitrogen and oxygen atoms in total. The Kier molecular flexibility index (Phi) is 4.74. The van der Waals surface area contributed by atoms with E-state index in [1.54, 1.807) is 11.6 Å². The maximum absolute atomic E-state index is 12.1. The van der Waals surface area contributed by atoms with E-state index >= 15 is 0 Å². The average Bonchev–Trinajstić information content (AvgIpc) is 2.75. The molecule has 7 heteroatoms. The normalized spacial score (nSPS) is 10.9. The second-order valence-electron chi connectivity index (χ2n) is 4.68. The molecule has 2 aromatic rings. The van der Waals surface area contributed by atoms with Crippen LogP contribution >= 0.6 is 0 Å². The highest BCUT2D eigenvalue weighted by Crippen LogP contribution is 2.29. The fourth-order valence-corrected chi connectivity index (χ4v) is 2.25. The molecule has 2 rings (SSSR count). The summed E-state index contributed by atoms with van der Waals surface area (Å²) < 4.78 is 6.75. The maximum atomic E-state index is 12.1. The number of ether oxygens (including phenoxy) is 1. The molecule has 0 aliphatic carbocycles. The molecule has 0 aliphatic rings. The summed E-state index contributed by atoms with van der Waals surface area (Å²) in [5.41, 5.74) is 2.54. The van der Waals surface area contributed by atoms with E-state index in [4.69, 9.17) is 9.84 Å². The summed E-state index contributed by atoms with van der Waals surface area (Å²) in [6.07, 6.45) is 2.09. The fraction of sp³-hybridized carbons (Fsp3) is 0.500. The van der Waals surface area contributed by atoms with Gasteiger partial charge in [-0.15, -0.1) is 0 Å². The van der Waals surface area contributed by atoms with Crippen LogP contribution in [0.5, 0.6) is 0 Å². The van der Waals surface area contributed by atoms with Gasteiger partial charge in [-0.05, 0) is 20.3 Å². The van der Waals surface area contributed by atoms with Crippen molar-refractivity contribution in [3.8, 4) is 0 Å². The molecular formula is C14H20N4O3. The van der Waals surface area contributed by atoms with E-state index in [0.717, 1.165) is 11.1 Å². The minimum absolute atomic E-state index is 0.0853. The van der Waals surface area contributed by atoms with Crippen molar-refractivity contribution in [1.29, 1.82) is 0 Å². The summed E-state index contributed by atoms with van der Waals surface area (Å²) in [5, 5.41) is 17.3. The van der Waals surface area contributed by atoms with Gasteiger partial charge in [0.1, 0.15) is 5.56 Å². The van der Waals surface area contributed by atoms with Crippen molar-refractivity contribution in [1.82, 2.24) is 14.8 Å². The lowest BCUT2D eigenvalue weighted by molar-refractivity contribution is 0.0527. The van der Waals surface area contributed by atoms with E-state index in [-0.39, 0.29) is 6.61 Å². The molecule has 0 saturated carbocycles. The van der Waals surface area contributed by atoms with Gasteiger partial charge >= 0.3 is 5.97 Å². The summed E-state index contributed by atoms with van der Waals surface area (Å²) >= 11 is 0. The molecule has 114 valence electrons. The zero-order chi connectivity index (χ0) is 15.4. The summed E-state index contributed by atoms with van der Waals surface area (Å²) in [6, 6.07) is 0. The third kappa shape index (κ3) is 2.97. The molecule has 2 heterocycles. The van der Waals surface area contributed by atoms with Crippen molar-refractivity contribution in [2.24, 2.45) is 7.05 Å². The van der Waals surface area contributed by atoms with Crippen LogP contribution in [-0.2, 0) is 11.8 Å². The first-order chi connectivity index (χ1) is 10.1. The molecule has 0 atom stereocenters. The molecule has 0 fully saturated rings. The van der Waals surface area contributed by atoms with Crippen LogP contribution in [0.3, 0.4) is 0 Å². The predicted molar refractivity (Wildman–Crippen MR) is 79.4 cm³/mol. The molecule has 0 bridgehead atoms. The maximum Gasteiger partial charge on any atom is 0.341 e. The van der Waals surface area contributed by atoms with Gasteiger partial charge in [0.2, 0.25) is 0 Å². The minimum Gasteiger partial charge on any atom is -0.462 e. The van der Waals surface area contributed by atoms with Gasteiger partial charge in [0.25, 0.3) is 0 Å². The molecule has 0 amide bonds. The Morgan fingerprint density at radius 3 is 2.95 bits per heavy atom. The number of aliphatic hydroxyl groups excluding tert-OH is 1. The number of carbonyl (C=O) groups is 1. The Balaban J connectivity index is 2.54. The molecule has 0 saturated heterocycles. The van der Waals surface area contributed by atoms with Crippen molar-refractivity contribution in [3.05, 3.63) is 17.5 Å². The highest BCUT2D eigenvalue weighted by Gasteiger charge is 2.20. The number of nitrogens with zero attached hydrogens (tertiary/aromatic N) is 3. The quantitative estimate of drug-likeness (QED) is 0.615. The zero-order valence-electron chi connectivity index (χ0n) is 12.5. The number of aryl methyl sites for hydroxylation is 2. The van der Waals surface area contributed by atoms with Gasteiger partial charge in [-0.2, -0.15) is 5.10 Å². The number of anilines is 1. The number of esters is 1. The molecular weight excluding hydrogens is 272 g/mol. The third-order valence-electron chi connectivity index (χ3n) is 3.16. The van der Waals surface area contributed by atoms with Gasteiger partial charge in [0, 0.05) is 26.4 Å². The number of nitrogens with one attached hydrogen (secondary N) is 1. The minimum atomic E-state index is -0.415. The van der Waals surface area contributed by atoms with E-state index in [2.05, 4.69) is 15.4 Å². The molecule has 0 aliphatic heterocycles. The Bertz CT molecular complexity index is 651. The number of carbonyl (C=O) groups excluding carboxylic acids is 1. The first-order valence-electron chi connectivity index (χ1n) is 6.94. The third-order valence-corrected chi connectivity index (χ3v) is 3.16. The van der Waals surface area contributed by atoms with Crippen molar-refractivity contribution >= 4 is 22.7 Å². The van der Waals surface area contributed by atoms with E-state index < -0.39 is 5.97 Å². The largest absolute Gasteiger partial charge is 0.462 e. The van der Waals surface area contributed by atoms with Crippen LogP contribution in [-0.4, -0.2) is 45.6 Å². The number of pyridine rings is 1. The summed E-state index contributed by atoms with van der Waals surface area (Å²) in [5.74, 6) is -0.415. The lowest BCUT2D eigenvalue weighted by atomic mass is 10.1. The fourth-order valence-electron chi connectivity index (χ4n) is 2.25. The SMILES string of the molecule is CCOC(=O)c1cnc2c(c(C)nn2C)c1NCCCO. The molecule has 21 heavy (non-hydrogen) atoms. The van der Waals surface area contributed by atoms with Gasteiger partial charge in [-0.1, -0.05) is 0 Å². The average molecular weight is 292 g/mol. The number of rotatable bonds is 6. The topological polar surface area (TPSA) is 89.3 Å². The molecule has 0 aromatic carbocycles. The highest BCUT2D eigenvalue weighted by atomic mass is 16.5. The van der Waals surface area contributed by atoms with E-state index in [9.17, 15) is 4.79 Å². The van der Waals surface area contributed by atoms with Gasteiger partial charge in [-0.3, -0.25) is 4.68 Å². The van der Waals surface area contributed by atoms with Crippen LogP contribution in [0.1, 0.15) is 29.4 Å². The lowest BCUT2D eigenvalue weighted by Gasteiger charge is -2.12. The van der Waals surface area contributed by atoms with Crippen molar-refractivity contribution in [3.63, 3.8) is 0 Å². The molecule has 0 unspecified atom stereocenters. The second kappa shape index (κ2) is 6.53. The van der Waals surface area contributed by atoms with Crippen molar-refractivity contribution in [2.45, 2.75) is 20.3 Å². The summed E-state index contributed by atoms with van der Waals surface area (Å²) in [7, 11) is 1.81. The predicted octanol–water partition coefficient (Wildman–Crippen LogP) is 1.25. The highest BCUT2D eigenvalue weighted by molar-refractivity contribution is 6.05. The van der Waals surface area contributed by atoms with Crippen LogP contribution in [0, 0.1) is 6.92 Å². The van der Waals surface area contributed by atoms with Crippen molar-refractivity contribution < 1.29 is 14.6 Å². The number of fused-ring (bicyclic) bond motifs is 1. The molecule has 0 spiro atoms. The first kappa shape index (κ1) is 15.2. The first-order valence-corrected chi connectivity index (χ1v) is 6.94. The standard InChI is InChI=1S/C14H20N4O3/c1-4-21-14(20)10-8-16-13-11(9(2)17-18(13)3)12(10)15-6-5-7-19/h8,19H,4-7H2,1-3H3,(H,15,16). The lowest BCUT2D eigenvalue weighted by Crippen LogP contribution is -2.12. The van der Waals surface area contributed by atoms with Crippen LogP contribution in [0.15, 0.2) is 6.20 Å². The van der Waals surface area contributed by atoms with Gasteiger partial charge in [0.05, 0.1) is 23.4 Å². The van der Waals surface area contributed by atoms with Gasteiger partial charge < -0.3 is 15.2 Å². The summed E-state index contributed by atoms with van der Waals surface area (Å²) in [6.45, 7) is 4.57. The number of aromatic nitrogens is 3.